The predicted octanol–water partition coefficient (Wildman–Crippen LogP) is 1.44. The van der Waals surface area contributed by atoms with Crippen molar-refractivity contribution in [1.29, 1.82) is 0 Å². The Morgan fingerprint density at radius 1 is 1.26 bits per heavy atom. The van der Waals surface area contributed by atoms with Crippen molar-refractivity contribution in [3.8, 4) is 0 Å². The number of likely N-dealkylation sites (N-methyl/N-ethyl adjacent to an activating group) is 1. The van der Waals surface area contributed by atoms with Gasteiger partial charge >= 0.3 is 0 Å². The molecule has 0 radical (unpaired) electrons. The summed E-state index contributed by atoms with van der Waals surface area (Å²) in [5.41, 5.74) is 0.330. The van der Waals surface area contributed by atoms with Gasteiger partial charge in [-0.3, -0.25) is 4.90 Å². The molecule has 0 amide bonds. The van der Waals surface area contributed by atoms with Gasteiger partial charge in [0.25, 0.3) is 0 Å². The first-order valence-corrected chi connectivity index (χ1v) is 9.54. The minimum atomic E-state index is -3.82. The number of piperazine rings is 1. The zero-order valence-electron chi connectivity index (χ0n) is 14.0. The fourth-order valence-electron chi connectivity index (χ4n) is 2.79. The molecule has 1 fully saturated rings. The summed E-state index contributed by atoms with van der Waals surface area (Å²) in [6.07, 6.45) is 0. The summed E-state index contributed by atoms with van der Waals surface area (Å²) in [7, 11) is -3.82. The van der Waals surface area contributed by atoms with Crippen molar-refractivity contribution in [2.45, 2.75) is 31.7 Å². The summed E-state index contributed by atoms with van der Waals surface area (Å²) in [5, 5.41) is 0. The fourth-order valence-corrected chi connectivity index (χ4v) is 4.06. The lowest BCUT2D eigenvalue weighted by Gasteiger charge is -2.37. The Morgan fingerprint density at radius 3 is 2.52 bits per heavy atom. The predicted molar refractivity (Wildman–Crippen MR) is 89.5 cm³/mol. The quantitative estimate of drug-likeness (QED) is 0.849. The van der Waals surface area contributed by atoms with E-state index in [9.17, 15) is 12.8 Å². The Kier molecular flexibility index (Phi) is 6.13. The van der Waals surface area contributed by atoms with E-state index in [2.05, 4.69) is 21.4 Å². The highest BCUT2D eigenvalue weighted by molar-refractivity contribution is 7.89. The third-order valence-corrected chi connectivity index (χ3v) is 5.93. The molecule has 1 N–H and O–H groups in total. The maximum absolute atomic E-state index is 14.0. The highest BCUT2D eigenvalue weighted by atomic mass is 32.2. The number of aryl methyl sites for hydroxylation is 1. The maximum Gasteiger partial charge on any atom is 0.243 e. The number of hydrogen-bond donors (Lipinski definition) is 1. The van der Waals surface area contributed by atoms with Crippen molar-refractivity contribution in [3.63, 3.8) is 0 Å². The van der Waals surface area contributed by atoms with Gasteiger partial charge in [-0.25, -0.2) is 17.5 Å². The summed E-state index contributed by atoms with van der Waals surface area (Å²) in [6.45, 7) is 10.9. The van der Waals surface area contributed by atoms with Gasteiger partial charge in [-0.15, -0.1) is 0 Å². The van der Waals surface area contributed by atoms with Gasteiger partial charge in [0.15, 0.2) is 0 Å². The van der Waals surface area contributed by atoms with E-state index in [4.69, 9.17) is 0 Å². The lowest BCUT2D eigenvalue weighted by atomic mass is 10.2. The van der Waals surface area contributed by atoms with Crippen molar-refractivity contribution in [2.75, 3.05) is 39.3 Å². The number of hydrogen-bond acceptors (Lipinski definition) is 4. The molecule has 130 valence electrons. The van der Waals surface area contributed by atoms with Crippen LogP contribution in [0.5, 0.6) is 0 Å². The molecular weight excluding hydrogens is 317 g/mol. The average Bonchev–Trinajstić information content (AvgIpc) is 2.55. The minimum Gasteiger partial charge on any atom is -0.301 e. The Morgan fingerprint density at radius 2 is 1.91 bits per heavy atom. The van der Waals surface area contributed by atoms with Crippen LogP contribution in [-0.2, 0) is 10.0 Å². The van der Waals surface area contributed by atoms with E-state index in [1.54, 1.807) is 19.1 Å². The summed E-state index contributed by atoms with van der Waals surface area (Å²) < 4.78 is 41.2. The molecule has 2 rings (SSSR count). The Balaban J connectivity index is 1.95. The fraction of sp³-hybridized carbons (Fsp3) is 0.625. The molecule has 23 heavy (non-hydrogen) atoms. The molecule has 1 saturated heterocycles. The standard InChI is InChI=1S/C16H26FN3O2S/c1-4-19-8-10-20(11-9-19)14(3)12-18-23(21,22)15-7-5-6-13(2)16(15)17/h5-7,14,18H,4,8-12H2,1-3H3/t14-/m1/s1. The first-order valence-electron chi connectivity index (χ1n) is 8.06. The smallest absolute Gasteiger partial charge is 0.243 e. The second kappa shape index (κ2) is 7.70. The Labute approximate surface area is 138 Å². The molecule has 0 aliphatic carbocycles. The van der Waals surface area contributed by atoms with Crippen molar-refractivity contribution in [3.05, 3.63) is 29.6 Å². The molecule has 7 heteroatoms. The van der Waals surface area contributed by atoms with Crippen LogP contribution in [0.3, 0.4) is 0 Å². The molecule has 1 aliphatic rings. The monoisotopic (exact) mass is 343 g/mol. The summed E-state index contributed by atoms with van der Waals surface area (Å²) in [6, 6.07) is 4.50. The van der Waals surface area contributed by atoms with Gasteiger partial charge in [-0.2, -0.15) is 0 Å². The van der Waals surface area contributed by atoms with Gasteiger partial charge in [0.05, 0.1) is 0 Å². The van der Waals surface area contributed by atoms with Gasteiger partial charge in [0.1, 0.15) is 10.7 Å². The van der Waals surface area contributed by atoms with E-state index in [1.807, 2.05) is 6.92 Å². The summed E-state index contributed by atoms with van der Waals surface area (Å²) >= 11 is 0. The minimum absolute atomic E-state index is 0.0802. The van der Waals surface area contributed by atoms with E-state index in [0.29, 0.717) is 5.56 Å². The third kappa shape index (κ3) is 4.50. The molecule has 1 atom stereocenters. The molecule has 1 aromatic rings. The van der Waals surface area contributed by atoms with E-state index >= 15 is 0 Å². The first-order chi connectivity index (χ1) is 10.8. The Hall–Kier alpha value is -1.02. The van der Waals surface area contributed by atoms with Crippen molar-refractivity contribution in [2.24, 2.45) is 0 Å². The van der Waals surface area contributed by atoms with Gasteiger partial charge < -0.3 is 4.90 Å². The molecule has 0 bridgehead atoms. The number of halogens is 1. The number of rotatable bonds is 6. The van der Waals surface area contributed by atoms with E-state index < -0.39 is 15.8 Å². The van der Waals surface area contributed by atoms with E-state index in [0.717, 1.165) is 32.7 Å². The van der Waals surface area contributed by atoms with Crippen molar-refractivity contribution < 1.29 is 12.8 Å². The topological polar surface area (TPSA) is 52.6 Å². The molecule has 0 spiro atoms. The van der Waals surface area contributed by atoms with Crippen LogP contribution in [0, 0.1) is 12.7 Å². The van der Waals surface area contributed by atoms with E-state index in [-0.39, 0.29) is 17.5 Å². The molecular formula is C16H26FN3O2S. The second-order valence-corrected chi connectivity index (χ2v) is 7.79. The second-order valence-electron chi connectivity index (χ2n) is 6.06. The summed E-state index contributed by atoms with van der Waals surface area (Å²) in [4.78, 5) is 4.36. The van der Waals surface area contributed by atoms with Gasteiger partial charge in [0, 0.05) is 38.8 Å². The Bertz CT molecular complexity index is 628. The molecule has 1 aliphatic heterocycles. The highest BCUT2D eigenvalue weighted by Crippen LogP contribution is 2.17. The number of nitrogens with one attached hydrogen (secondary N) is 1. The summed E-state index contributed by atoms with van der Waals surface area (Å²) in [5.74, 6) is -0.677. The largest absolute Gasteiger partial charge is 0.301 e. The number of sulfonamides is 1. The lowest BCUT2D eigenvalue weighted by molar-refractivity contribution is 0.107. The molecule has 0 aromatic heterocycles. The van der Waals surface area contributed by atoms with Crippen LogP contribution < -0.4 is 4.72 Å². The van der Waals surface area contributed by atoms with Crippen LogP contribution in [-0.4, -0.2) is 63.5 Å². The zero-order chi connectivity index (χ0) is 17.0. The van der Waals surface area contributed by atoms with Gasteiger partial charge in [-0.1, -0.05) is 19.1 Å². The highest BCUT2D eigenvalue weighted by Gasteiger charge is 2.24. The van der Waals surface area contributed by atoms with Gasteiger partial charge in [-0.05, 0) is 32.0 Å². The molecule has 1 aromatic carbocycles. The van der Waals surface area contributed by atoms with Crippen LogP contribution in [0.2, 0.25) is 0 Å². The first kappa shape index (κ1) is 18.3. The third-order valence-electron chi connectivity index (χ3n) is 4.49. The maximum atomic E-state index is 14.0. The van der Waals surface area contributed by atoms with Crippen molar-refractivity contribution >= 4 is 10.0 Å². The molecule has 5 nitrogen and oxygen atoms in total. The van der Waals surface area contributed by atoms with Crippen LogP contribution in [0.15, 0.2) is 23.1 Å². The van der Waals surface area contributed by atoms with Crippen LogP contribution in [0.1, 0.15) is 19.4 Å². The van der Waals surface area contributed by atoms with Crippen LogP contribution in [0.4, 0.5) is 4.39 Å². The van der Waals surface area contributed by atoms with Crippen molar-refractivity contribution in [1.82, 2.24) is 14.5 Å². The SMILES string of the molecule is CCN1CCN([C@H](C)CNS(=O)(=O)c2cccc(C)c2F)CC1. The molecule has 0 unspecified atom stereocenters. The van der Waals surface area contributed by atoms with Crippen LogP contribution in [0.25, 0.3) is 0 Å². The average molecular weight is 343 g/mol. The lowest BCUT2D eigenvalue weighted by Crippen LogP contribution is -2.52. The normalized spacial score (nSPS) is 19.0. The number of benzene rings is 1. The van der Waals surface area contributed by atoms with Gasteiger partial charge in [0.2, 0.25) is 10.0 Å². The molecule has 0 saturated carbocycles. The van der Waals surface area contributed by atoms with E-state index in [1.165, 1.54) is 6.07 Å². The zero-order valence-corrected chi connectivity index (χ0v) is 14.9. The molecule has 1 heterocycles. The number of nitrogens with zero attached hydrogens (tertiary/aromatic N) is 2. The van der Waals surface area contributed by atoms with Crippen LogP contribution >= 0.6 is 0 Å².